The maximum absolute atomic E-state index is 12.4. The van der Waals surface area contributed by atoms with Crippen molar-refractivity contribution in [1.29, 1.82) is 0 Å². The number of benzene rings is 3. The van der Waals surface area contributed by atoms with Gasteiger partial charge in [-0.05, 0) is 66.2 Å². The van der Waals surface area contributed by atoms with Crippen LogP contribution in [0.5, 0.6) is 23.0 Å². The molecule has 0 aromatic heterocycles. The van der Waals surface area contributed by atoms with Crippen molar-refractivity contribution in [3.8, 4) is 23.0 Å². The predicted molar refractivity (Wildman–Crippen MR) is 129 cm³/mol. The second-order valence-corrected chi connectivity index (χ2v) is 7.53. The molecule has 0 aliphatic rings. The number of rotatable bonds is 9. The Morgan fingerprint density at radius 1 is 0.912 bits per heavy atom. The van der Waals surface area contributed by atoms with Gasteiger partial charge in [0.1, 0.15) is 11.5 Å². The standard InChI is InChI=1S/C24H20Cl2N2O6/c1-31-18-7-4-16(5-8-18)24(30)34-21-9-3-15(11-22(21)32-2)13-27-28-23(29)14-33-20-10-6-17(25)12-19(20)26/h3-13H,14H2,1-2H3,(H,28,29)/b27-13-. The molecule has 0 spiro atoms. The lowest BCUT2D eigenvalue weighted by molar-refractivity contribution is -0.123. The molecule has 1 N–H and O–H groups in total. The van der Waals surface area contributed by atoms with Gasteiger partial charge in [0.15, 0.2) is 18.1 Å². The molecule has 0 bridgehead atoms. The molecule has 0 aliphatic heterocycles. The van der Waals surface area contributed by atoms with Gasteiger partial charge in [0.25, 0.3) is 5.91 Å². The maximum atomic E-state index is 12.4. The summed E-state index contributed by atoms with van der Waals surface area (Å²) < 4.78 is 21.2. The Morgan fingerprint density at radius 2 is 1.65 bits per heavy atom. The number of nitrogens with zero attached hydrogens (tertiary/aromatic N) is 1. The molecule has 8 nitrogen and oxygen atoms in total. The number of nitrogens with one attached hydrogen (secondary N) is 1. The number of amides is 1. The van der Waals surface area contributed by atoms with Crippen molar-refractivity contribution in [2.45, 2.75) is 0 Å². The van der Waals surface area contributed by atoms with Crippen molar-refractivity contribution in [2.24, 2.45) is 5.10 Å². The number of hydrazone groups is 1. The molecule has 0 saturated heterocycles. The van der Waals surface area contributed by atoms with Crippen molar-refractivity contribution >= 4 is 41.3 Å². The van der Waals surface area contributed by atoms with E-state index in [-0.39, 0.29) is 12.4 Å². The molecule has 0 saturated carbocycles. The number of hydrogen-bond donors (Lipinski definition) is 1. The third kappa shape index (κ3) is 6.87. The summed E-state index contributed by atoms with van der Waals surface area (Å²) >= 11 is 11.8. The Labute approximate surface area is 206 Å². The summed E-state index contributed by atoms with van der Waals surface area (Å²) in [7, 11) is 2.99. The van der Waals surface area contributed by atoms with Crippen molar-refractivity contribution in [1.82, 2.24) is 5.43 Å². The Morgan fingerprint density at radius 3 is 2.32 bits per heavy atom. The van der Waals surface area contributed by atoms with E-state index in [1.165, 1.54) is 19.4 Å². The van der Waals surface area contributed by atoms with Gasteiger partial charge in [0.2, 0.25) is 0 Å². The monoisotopic (exact) mass is 502 g/mol. The Bertz CT molecular complexity index is 1200. The van der Waals surface area contributed by atoms with Crippen molar-refractivity contribution < 1.29 is 28.5 Å². The van der Waals surface area contributed by atoms with Crippen LogP contribution in [-0.2, 0) is 4.79 Å². The minimum absolute atomic E-state index is 0.234. The molecule has 0 heterocycles. The summed E-state index contributed by atoms with van der Waals surface area (Å²) in [5.41, 5.74) is 3.31. The lowest BCUT2D eigenvalue weighted by Gasteiger charge is -2.10. The van der Waals surface area contributed by atoms with E-state index in [9.17, 15) is 9.59 Å². The van der Waals surface area contributed by atoms with Crippen molar-refractivity contribution in [2.75, 3.05) is 20.8 Å². The quantitative estimate of drug-likeness (QED) is 0.196. The minimum atomic E-state index is -0.546. The zero-order valence-corrected chi connectivity index (χ0v) is 19.7. The highest BCUT2D eigenvalue weighted by Crippen LogP contribution is 2.29. The summed E-state index contributed by atoms with van der Waals surface area (Å²) in [6.07, 6.45) is 1.41. The third-order valence-electron chi connectivity index (χ3n) is 4.37. The van der Waals surface area contributed by atoms with Gasteiger partial charge in [0, 0.05) is 5.02 Å². The highest BCUT2D eigenvalue weighted by molar-refractivity contribution is 6.35. The van der Waals surface area contributed by atoms with Gasteiger partial charge in [-0.3, -0.25) is 4.79 Å². The number of methoxy groups -OCH3 is 2. The average molecular weight is 503 g/mol. The van der Waals surface area contributed by atoms with Crippen LogP contribution in [0.25, 0.3) is 0 Å². The first kappa shape index (κ1) is 24.9. The van der Waals surface area contributed by atoms with Gasteiger partial charge in [-0.1, -0.05) is 23.2 Å². The Balaban J connectivity index is 1.56. The molecule has 3 rings (SSSR count). The van der Waals surface area contributed by atoms with E-state index < -0.39 is 11.9 Å². The molecule has 34 heavy (non-hydrogen) atoms. The molecule has 176 valence electrons. The second-order valence-electron chi connectivity index (χ2n) is 6.68. The topological polar surface area (TPSA) is 95.5 Å². The Hall–Kier alpha value is -3.75. The van der Waals surface area contributed by atoms with Crippen LogP contribution < -0.4 is 24.4 Å². The number of esters is 1. The molecule has 3 aromatic rings. The van der Waals surface area contributed by atoms with Gasteiger partial charge in [0.05, 0.1) is 31.0 Å². The van der Waals surface area contributed by atoms with Gasteiger partial charge < -0.3 is 18.9 Å². The van der Waals surface area contributed by atoms with E-state index in [1.54, 1.807) is 61.7 Å². The zero-order chi connectivity index (χ0) is 24.5. The lowest BCUT2D eigenvalue weighted by Crippen LogP contribution is -2.24. The van der Waals surface area contributed by atoms with E-state index in [2.05, 4.69) is 10.5 Å². The highest BCUT2D eigenvalue weighted by atomic mass is 35.5. The number of halogens is 2. The van der Waals surface area contributed by atoms with Crippen LogP contribution in [0.4, 0.5) is 0 Å². The molecule has 0 radical (unpaired) electrons. The molecule has 3 aromatic carbocycles. The average Bonchev–Trinajstić information content (AvgIpc) is 2.84. The molecule has 0 aliphatic carbocycles. The predicted octanol–water partition coefficient (Wildman–Crippen LogP) is 4.76. The van der Waals surface area contributed by atoms with Crippen LogP contribution in [0.15, 0.2) is 65.8 Å². The van der Waals surface area contributed by atoms with E-state index in [0.29, 0.717) is 38.4 Å². The summed E-state index contributed by atoms with van der Waals surface area (Å²) in [5.74, 6) is 0.477. The van der Waals surface area contributed by atoms with Crippen LogP contribution in [0.1, 0.15) is 15.9 Å². The second kappa shape index (κ2) is 11.9. The summed E-state index contributed by atoms with van der Waals surface area (Å²) in [6.45, 7) is -0.289. The van der Waals surface area contributed by atoms with Crippen LogP contribution in [0, 0.1) is 0 Å². The van der Waals surface area contributed by atoms with Crippen LogP contribution >= 0.6 is 23.2 Å². The minimum Gasteiger partial charge on any atom is -0.497 e. The summed E-state index contributed by atoms with van der Waals surface area (Å²) in [5, 5.41) is 4.64. The molecule has 0 fully saturated rings. The summed E-state index contributed by atoms with van der Waals surface area (Å²) in [4.78, 5) is 24.3. The maximum Gasteiger partial charge on any atom is 0.343 e. The fourth-order valence-electron chi connectivity index (χ4n) is 2.68. The van der Waals surface area contributed by atoms with Crippen LogP contribution in [-0.4, -0.2) is 38.9 Å². The van der Waals surface area contributed by atoms with Gasteiger partial charge in [-0.2, -0.15) is 5.10 Å². The number of hydrogen-bond acceptors (Lipinski definition) is 7. The number of carbonyl (C=O) groups excluding carboxylic acids is 2. The van der Waals surface area contributed by atoms with Gasteiger partial charge in [-0.25, -0.2) is 10.2 Å². The van der Waals surface area contributed by atoms with Crippen LogP contribution in [0.3, 0.4) is 0 Å². The van der Waals surface area contributed by atoms with Gasteiger partial charge in [-0.15, -0.1) is 0 Å². The molecule has 1 amide bonds. The highest BCUT2D eigenvalue weighted by Gasteiger charge is 2.13. The lowest BCUT2D eigenvalue weighted by atomic mass is 10.2. The summed E-state index contributed by atoms with van der Waals surface area (Å²) in [6, 6.07) is 16.0. The number of carbonyl (C=O) groups is 2. The molecule has 0 atom stereocenters. The van der Waals surface area contributed by atoms with E-state index in [4.69, 9.17) is 42.1 Å². The normalized spacial score (nSPS) is 10.6. The van der Waals surface area contributed by atoms with Crippen LogP contribution in [0.2, 0.25) is 10.0 Å². The first-order chi connectivity index (χ1) is 16.4. The smallest absolute Gasteiger partial charge is 0.343 e. The fourth-order valence-corrected chi connectivity index (χ4v) is 3.14. The first-order valence-electron chi connectivity index (χ1n) is 9.83. The van der Waals surface area contributed by atoms with E-state index >= 15 is 0 Å². The fraction of sp³-hybridized carbons (Fsp3) is 0.125. The molecular formula is C24H20Cl2N2O6. The zero-order valence-electron chi connectivity index (χ0n) is 18.2. The van der Waals surface area contributed by atoms with Crippen molar-refractivity contribution in [3.63, 3.8) is 0 Å². The van der Waals surface area contributed by atoms with E-state index in [1.807, 2.05) is 0 Å². The SMILES string of the molecule is COc1ccc(C(=O)Oc2ccc(/C=N\NC(=O)COc3ccc(Cl)cc3Cl)cc2OC)cc1. The number of ether oxygens (including phenoxy) is 4. The van der Waals surface area contributed by atoms with E-state index in [0.717, 1.165) is 0 Å². The Kier molecular flexibility index (Phi) is 8.73. The largest absolute Gasteiger partial charge is 0.497 e. The first-order valence-corrected chi connectivity index (χ1v) is 10.6. The molecule has 10 heteroatoms. The molecular weight excluding hydrogens is 483 g/mol. The third-order valence-corrected chi connectivity index (χ3v) is 4.90. The van der Waals surface area contributed by atoms with Crippen molar-refractivity contribution in [3.05, 3.63) is 81.8 Å². The molecule has 0 unspecified atom stereocenters. The van der Waals surface area contributed by atoms with Gasteiger partial charge >= 0.3 is 5.97 Å².